The number of para-hydroxylation sites is 1. The third kappa shape index (κ3) is 3.69. The molecule has 0 radical (unpaired) electrons. The molecule has 2 atom stereocenters. The van der Waals surface area contributed by atoms with Crippen molar-refractivity contribution in [3.8, 4) is 6.07 Å². The SMILES string of the molecule is CCN(C(=O)C1CC1C(=O)Nc1cccc(C#N)c1)c1ccccc1. The van der Waals surface area contributed by atoms with Crippen LogP contribution in [0.5, 0.6) is 0 Å². The van der Waals surface area contributed by atoms with Crippen LogP contribution in [0.25, 0.3) is 0 Å². The first-order chi connectivity index (χ1) is 12.1. The molecule has 0 aromatic heterocycles. The molecule has 25 heavy (non-hydrogen) atoms. The summed E-state index contributed by atoms with van der Waals surface area (Å²) in [6.45, 7) is 2.49. The molecule has 0 bridgehead atoms. The lowest BCUT2D eigenvalue weighted by atomic mass is 10.2. The van der Waals surface area contributed by atoms with E-state index in [1.54, 1.807) is 29.2 Å². The fourth-order valence-corrected chi connectivity index (χ4v) is 2.93. The van der Waals surface area contributed by atoms with E-state index in [1.807, 2.05) is 43.3 Å². The second kappa shape index (κ2) is 7.18. The monoisotopic (exact) mass is 333 g/mol. The van der Waals surface area contributed by atoms with Gasteiger partial charge >= 0.3 is 0 Å². The molecule has 126 valence electrons. The Balaban J connectivity index is 1.64. The molecule has 0 saturated heterocycles. The van der Waals surface area contributed by atoms with Gasteiger partial charge < -0.3 is 10.2 Å². The van der Waals surface area contributed by atoms with Gasteiger partial charge in [-0.3, -0.25) is 9.59 Å². The lowest BCUT2D eigenvalue weighted by molar-refractivity contribution is -0.123. The van der Waals surface area contributed by atoms with E-state index in [-0.39, 0.29) is 23.7 Å². The average molecular weight is 333 g/mol. The van der Waals surface area contributed by atoms with Crippen LogP contribution >= 0.6 is 0 Å². The lowest BCUT2D eigenvalue weighted by Gasteiger charge is -2.21. The van der Waals surface area contributed by atoms with Crippen LogP contribution in [-0.2, 0) is 9.59 Å². The van der Waals surface area contributed by atoms with Crippen LogP contribution in [0.2, 0.25) is 0 Å². The van der Waals surface area contributed by atoms with Crippen molar-refractivity contribution >= 4 is 23.2 Å². The van der Waals surface area contributed by atoms with E-state index in [9.17, 15) is 9.59 Å². The van der Waals surface area contributed by atoms with Gasteiger partial charge in [-0.05, 0) is 43.7 Å². The summed E-state index contributed by atoms with van der Waals surface area (Å²) in [6, 6.07) is 18.3. The minimum Gasteiger partial charge on any atom is -0.326 e. The predicted octanol–water partition coefficient (Wildman–Crippen LogP) is 3.19. The number of amides is 2. The second-order valence-electron chi connectivity index (χ2n) is 6.05. The van der Waals surface area contributed by atoms with Crippen LogP contribution in [0.3, 0.4) is 0 Å². The maximum Gasteiger partial charge on any atom is 0.230 e. The molecule has 5 nitrogen and oxygen atoms in total. The number of nitriles is 1. The van der Waals surface area contributed by atoms with Crippen molar-refractivity contribution in [3.63, 3.8) is 0 Å². The summed E-state index contributed by atoms with van der Waals surface area (Å²) in [5.41, 5.74) is 1.92. The highest BCUT2D eigenvalue weighted by atomic mass is 16.2. The highest BCUT2D eigenvalue weighted by Gasteiger charge is 2.49. The van der Waals surface area contributed by atoms with E-state index in [2.05, 4.69) is 5.32 Å². The lowest BCUT2D eigenvalue weighted by Crippen LogP contribution is -2.33. The van der Waals surface area contributed by atoms with E-state index in [0.717, 1.165) is 5.69 Å². The number of rotatable bonds is 5. The minimum absolute atomic E-state index is 0.0142. The van der Waals surface area contributed by atoms with Gasteiger partial charge in [-0.2, -0.15) is 5.26 Å². The molecule has 2 aromatic carbocycles. The maximum absolute atomic E-state index is 12.7. The van der Waals surface area contributed by atoms with Crippen LogP contribution in [0.1, 0.15) is 18.9 Å². The first-order valence-electron chi connectivity index (χ1n) is 8.31. The fraction of sp³-hybridized carbons (Fsp3) is 0.250. The van der Waals surface area contributed by atoms with Gasteiger partial charge in [0.15, 0.2) is 0 Å². The zero-order valence-electron chi connectivity index (χ0n) is 14.0. The number of nitrogens with one attached hydrogen (secondary N) is 1. The van der Waals surface area contributed by atoms with E-state index in [1.165, 1.54) is 0 Å². The summed E-state index contributed by atoms with van der Waals surface area (Å²) >= 11 is 0. The number of carbonyl (C=O) groups is 2. The smallest absolute Gasteiger partial charge is 0.230 e. The van der Waals surface area contributed by atoms with Crippen molar-refractivity contribution in [1.82, 2.24) is 0 Å². The summed E-state index contributed by atoms with van der Waals surface area (Å²) in [5.74, 6) is -0.771. The number of anilines is 2. The number of hydrogen-bond donors (Lipinski definition) is 1. The average Bonchev–Trinajstić information content (AvgIpc) is 3.44. The van der Waals surface area contributed by atoms with Gasteiger partial charge in [0.1, 0.15) is 0 Å². The number of carbonyl (C=O) groups excluding carboxylic acids is 2. The van der Waals surface area contributed by atoms with Crippen molar-refractivity contribution in [3.05, 3.63) is 60.2 Å². The van der Waals surface area contributed by atoms with Crippen molar-refractivity contribution in [2.45, 2.75) is 13.3 Å². The van der Waals surface area contributed by atoms with Gasteiger partial charge in [0, 0.05) is 17.9 Å². The minimum atomic E-state index is -0.309. The van der Waals surface area contributed by atoms with Gasteiger partial charge in [0.2, 0.25) is 11.8 Å². The Bertz CT molecular complexity index is 826. The van der Waals surface area contributed by atoms with Crippen LogP contribution in [-0.4, -0.2) is 18.4 Å². The molecule has 1 fully saturated rings. The van der Waals surface area contributed by atoms with Gasteiger partial charge in [0.05, 0.1) is 23.5 Å². The summed E-state index contributed by atoms with van der Waals surface area (Å²) < 4.78 is 0. The quantitative estimate of drug-likeness (QED) is 0.913. The van der Waals surface area contributed by atoms with Gasteiger partial charge in [-0.25, -0.2) is 0 Å². The Hall–Kier alpha value is -3.13. The van der Waals surface area contributed by atoms with Crippen LogP contribution in [0.15, 0.2) is 54.6 Å². The first kappa shape index (κ1) is 16.7. The van der Waals surface area contributed by atoms with Crippen molar-refractivity contribution < 1.29 is 9.59 Å². The molecule has 1 N–H and O–H groups in total. The predicted molar refractivity (Wildman–Crippen MR) is 95.9 cm³/mol. The first-order valence-corrected chi connectivity index (χ1v) is 8.31. The largest absolute Gasteiger partial charge is 0.326 e. The highest BCUT2D eigenvalue weighted by Crippen LogP contribution is 2.41. The van der Waals surface area contributed by atoms with Crippen molar-refractivity contribution in [2.75, 3.05) is 16.8 Å². The van der Waals surface area contributed by atoms with E-state index < -0.39 is 0 Å². The maximum atomic E-state index is 12.7. The van der Waals surface area contributed by atoms with Crippen molar-refractivity contribution in [1.29, 1.82) is 5.26 Å². The Kier molecular flexibility index (Phi) is 4.80. The molecule has 0 spiro atoms. The zero-order valence-corrected chi connectivity index (χ0v) is 14.0. The molecule has 1 aliphatic rings. The summed E-state index contributed by atoms with van der Waals surface area (Å²) in [6.07, 6.45) is 0.561. The number of hydrogen-bond acceptors (Lipinski definition) is 3. The Labute approximate surface area is 146 Å². The van der Waals surface area contributed by atoms with Gasteiger partial charge in [-0.15, -0.1) is 0 Å². The topological polar surface area (TPSA) is 73.2 Å². The normalized spacial score (nSPS) is 18.1. The molecule has 2 amide bonds. The number of nitrogens with zero attached hydrogens (tertiary/aromatic N) is 2. The fourth-order valence-electron chi connectivity index (χ4n) is 2.93. The molecular formula is C20H19N3O2. The van der Waals surface area contributed by atoms with E-state index in [0.29, 0.717) is 24.2 Å². The molecule has 5 heteroatoms. The van der Waals surface area contributed by atoms with Gasteiger partial charge in [0.25, 0.3) is 0 Å². The number of benzene rings is 2. The molecule has 2 aromatic rings. The Morgan fingerprint density at radius 3 is 2.60 bits per heavy atom. The van der Waals surface area contributed by atoms with Crippen LogP contribution in [0, 0.1) is 23.2 Å². The molecule has 2 unspecified atom stereocenters. The highest BCUT2D eigenvalue weighted by molar-refractivity contribution is 6.04. The third-order valence-corrected chi connectivity index (χ3v) is 4.35. The molecule has 0 heterocycles. The Morgan fingerprint density at radius 2 is 1.92 bits per heavy atom. The zero-order chi connectivity index (χ0) is 17.8. The second-order valence-corrected chi connectivity index (χ2v) is 6.05. The van der Waals surface area contributed by atoms with Crippen molar-refractivity contribution in [2.24, 2.45) is 11.8 Å². The van der Waals surface area contributed by atoms with E-state index >= 15 is 0 Å². The summed E-state index contributed by atoms with van der Waals surface area (Å²) in [5, 5.41) is 11.7. The van der Waals surface area contributed by atoms with Crippen LogP contribution < -0.4 is 10.2 Å². The molecule has 3 rings (SSSR count). The standard InChI is InChI=1S/C20H19N3O2/c1-2-23(16-9-4-3-5-10-16)20(25)18-12-17(18)19(24)22-15-8-6-7-14(11-15)13-21/h3-11,17-18H,2,12H2,1H3,(H,22,24). The molecule has 1 saturated carbocycles. The summed E-state index contributed by atoms with van der Waals surface area (Å²) in [4.78, 5) is 26.8. The molecular weight excluding hydrogens is 314 g/mol. The Morgan fingerprint density at radius 1 is 1.16 bits per heavy atom. The summed E-state index contributed by atoms with van der Waals surface area (Å²) in [7, 11) is 0. The van der Waals surface area contributed by atoms with Gasteiger partial charge in [-0.1, -0.05) is 24.3 Å². The van der Waals surface area contributed by atoms with E-state index in [4.69, 9.17) is 5.26 Å². The third-order valence-electron chi connectivity index (χ3n) is 4.35. The molecule has 1 aliphatic carbocycles. The molecule has 0 aliphatic heterocycles. The van der Waals surface area contributed by atoms with Crippen LogP contribution in [0.4, 0.5) is 11.4 Å².